The van der Waals surface area contributed by atoms with E-state index >= 15 is 0 Å². The Balaban J connectivity index is 2.11. The first-order valence-electron chi connectivity index (χ1n) is 28.5. The summed E-state index contributed by atoms with van der Waals surface area (Å²) in [6, 6.07) is 0. The van der Waals surface area contributed by atoms with Crippen LogP contribution >= 0.6 is 7.82 Å². The molecule has 1 fully saturated rings. The molecule has 0 aromatic heterocycles. The third-order valence-corrected chi connectivity index (χ3v) is 14.5. The quantitative estimate of drug-likeness (QED) is 0.0145. The number of carbonyl (C=O) groups excluding carboxylic acids is 2. The Morgan fingerprint density at radius 1 is 0.449 bits per heavy atom. The van der Waals surface area contributed by atoms with Crippen molar-refractivity contribution in [3.05, 3.63) is 12.2 Å². The van der Waals surface area contributed by atoms with E-state index in [-0.39, 0.29) is 12.8 Å². The van der Waals surface area contributed by atoms with Crippen LogP contribution in [0.15, 0.2) is 12.2 Å². The molecule has 14 heteroatoms. The van der Waals surface area contributed by atoms with Gasteiger partial charge in [-0.15, -0.1) is 0 Å². The van der Waals surface area contributed by atoms with Gasteiger partial charge in [0.05, 0.1) is 6.61 Å². The van der Waals surface area contributed by atoms with Crippen LogP contribution in [0.2, 0.25) is 0 Å². The number of allylic oxidation sites excluding steroid dienone is 2. The van der Waals surface area contributed by atoms with Crippen molar-refractivity contribution >= 4 is 19.8 Å². The Morgan fingerprint density at radius 2 is 0.768 bits per heavy atom. The molecule has 8 atom stereocenters. The van der Waals surface area contributed by atoms with Crippen LogP contribution in [0.5, 0.6) is 0 Å². The molecule has 0 aromatic carbocycles. The van der Waals surface area contributed by atoms with Crippen molar-refractivity contribution in [2.24, 2.45) is 0 Å². The van der Waals surface area contributed by atoms with Crippen LogP contribution in [0.1, 0.15) is 271 Å². The number of unbranched alkanes of at least 4 members (excludes halogenated alkanes) is 35. The van der Waals surface area contributed by atoms with E-state index in [9.17, 15) is 44.6 Å². The maximum atomic E-state index is 12.9. The van der Waals surface area contributed by atoms with E-state index in [1.54, 1.807) is 0 Å². The molecule has 0 bridgehead atoms. The zero-order valence-electron chi connectivity index (χ0n) is 43.9. The van der Waals surface area contributed by atoms with E-state index in [0.29, 0.717) is 12.8 Å². The third kappa shape index (κ3) is 37.1. The molecular formula is C55H105O13P. The summed E-state index contributed by atoms with van der Waals surface area (Å²) < 4.78 is 33.2. The summed E-state index contributed by atoms with van der Waals surface area (Å²) >= 11 is 0. The van der Waals surface area contributed by atoms with Gasteiger partial charge in [-0.05, 0) is 38.5 Å². The summed E-state index contributed by atoms with van der Waals surface area (Å²) in [7, 11) is -5.12. The lowest BCUT2D eigenvalue weighted by atomic mass is 9.85. The zero-order valence-corrected chi connectivity index (χ0v) is 44.8. The van der Waals surface area contributed by atoms with Crippen molar-refractivity contribution in [2.45, 2.75) is 313 Å². The van der Waals surface area contributed by atoms with Gasteiger partial charge < -0.3 is 39.9 Å². The van der Waals surface area contributed by atoms with Crippen LogP contribution in [0.3, 0.4) is 0 Å². The van der Waals surface area contributed by atoms with Gasteiger partial charge in [0.1, 0.15) is 43.2 Å². The van der Waals surface area contributed by atoms with Crippen molar-refractivity contribution in [3.63, 3.8) is 0 Å². The minimum atomic E-state index is -5.12. The molecule has 0 radical (unpaired) electrons. The predicted molar refractivity (Wildman–Crippen MR) is 277 cm³/mol. The van der Waals surface area contributed by atoms with Gasteiger partial charge >= 0.3 is 19.8 Å². The molecule has 4 unspecified atom stereocenters. The smallest absolute Gasteiger partial charge is 0.463 e. The maximum absolute atomic E-state index is 12.9. The molecule has 408 valence electrons. The fraction of sp³-hybridized carbons (Fsp3) is 0.927. The van der Waals surface area contributed by atoms with E-state index in [1.807, 2.05) is 0 Å². The highest BCUT2D eigenvalue weighted by molar-refractivity contribution is 7.47. The first-order chi connectivity index (χ1) is 33.4. The van der Waals surface area contributed by atoms with Crippen LogP contribution in [-0.4, -0.2) is 98.3 Å². The number of hydrogen-bond donors (Lipinski definition) is 6. The van der Waals surface area contributed by atoms with Crippen molar-refractivity contribution in [1.82, 2.24) is 0 Å². The Morgan fingerprint density at radius 3 is 1.14 bits per heavy atom. The summed E-state index contributed by atoms with van der Waals surface area (Å²) in [4.78, 5) is 35.4. The first kappa shape index (κ1) is 65.6. The highest BCUT2D eigenvalue weighted by atomic mass is 31.2. The normalized spacial score (nSPS) is 20.9. The minimum Gasteiger partial charge on any atom is -0.463 e. The maximum Gasteiger partial charge on any atom is 0.472 e. The lowest BCUT2D eigenvalue weighted by Crippen LogP contribution is -2.65. The van der Waals surface area contributed by atoms with Crippen LogP contribution in [0, 0.1) is 0 Å². The molecule has 1 aliphatic rings. The lowest BCUT2D eigenvalue weighted by Gasteiger charge is -2.43. The van der Waals surface area contributed by atoms with Crippen molar-refractivity contribution in [3.8, 4) is 0 Å². The number of phosphoric ester groups is 1. The highest BCUT2D eigenvalue weighted by Crippen LogP contribution is 2.47. The van der Waals surface area contributed by atoms with Gasteiger partial charge in [0.15, 0.2) is 6.10 Å². The van der Waals surface area contributed by atoms with E-state index in [1.165, 1.54) is 186 Å². The Kier molecular flexibility index (Phi) is 43.0. The van der Waals surface area contributed by atoms with Crippen molar-refractivity contribution in [1.29, 1.82) is 0 Å². The average molecular weight is 1010 g/mol. The fourth-order valence-electron chi connectivity index (χ4n) is 9.07. The molecule has 1 saturated carbocycles. The summed E-state index contributed by atoms with van der Waals surface area (Å²) in [5, 5.41) is 52.0. The number of hydrogen-bond acceptors (Lipinski definition) is 12. The second-order valence-corrected chi connectivity index (χ2v) is 21.6. The molecule has 1 rings (SSSR count). The van der Waals surface area contributed by atoms with E-state index in [2.05, 4.69) is 26.0 Å². The topological polar surface area (TPSA) is 210 Å². The van der Waals surface area contributed by atoms with E-state index < -0.39 is 75.7 Å². The predicted octanol–water partition coefficient (Wildman–Crippen LogP) is 13.0. The summed E-state index contributed by atoms with van der Waals surface area (Å²) in [6.45, 7) is 3.20. The molecule has 0 spiro atoms. The van der Waals surface area contributed by atoms with Gasteiger partial charge in [-0.1, -0.05) is 231 Å². The Bertz CT molecular complexity index is 1270. The molecular weight excluding hydrogens is 900 g/mol. The molecule has 1 aliphatic carbocycles. The zero-order chi connectivity index (χ0) is 50.6. The first-order valence-corrected chi connectivity index (χ1v) is 30.0. The van der Waals surface area contributed by atoms with Crippen molar-refractivity contribution < 1.29 is 63.1 Å². The summed E-state index contributed by atoms with van der Waals surface area (Å²) in [5.74, 6) is -1.28. The second-order valence-electron chi connectivity index (χ2n) is 20.2. The minimum absolute atomic E-state index is 0.0283. The molecule has 0 amide bonds. The number of carbonyl (C=O) groups is 2. The van der Waals surface area contributed by atoms with Gasteiger partial charge in [-0.25, -0.2) is 4.57 Å². The SMILES string of the molecule is CCCCCCCC/C=C\CCCCCCCCCCCCCCCCCCCC(=O)OC[C@H](O)COP(=O)(O)O[C@@H]1C(OC(=O)CCCCCCCCCCCCCCC)C(O)[C@@H](O)C(O)[C@H]1O. The van der Waals surface area contributed by atoms with Gasteiger partial charge in [-0.2, -0.15) is 0 Å². The Labute approximate surface area is 420 Å². The van der Waals surface area contributed by atoms with Crippen LogP contribution < -0.4 is 0 Å². The average Bonchev–Trinajstić information content (AvgIpc) is 3.33. The fourth-order valence-corrected chi connectivity index (χ4v) is 10.0. The van der Waals surface area contributed by atoms with E-state index in [0.717, 1.165) is 44.9 Å². The molecule has 0 saturated heterocycles. The van der Waals surface area contributed by atoms with Crippen LogP contribution in [0.25, 0.3) is 0 Å². The molecule has 0 aromatic rings. The van der Waals surface area contributed by atoms with Crippen LogP contribution in [0.4, 0.5) is 0 Å². The molecule has 0 heterocycles. The number of aliphatic hydroxyl groups excluding tert-OH is 5. The molecule has 0 aliphatic heterocycles. The molecule has 6 N–H and O–H groups in total. The van der Waals surface area contributed by atoms with Crippen LogP contribution in [-0.2, 0) is 32.7 Å². The number of esters is 2. The monoisotopic (exact) mass is 1000 g/mol. The summed E-state index contributed by atoms with van der Waals surface area (Å²) in [5.41, 5.74) is 0. The van der Waals surface area contributed by atoms with Gasteiger partial charge in [0.2, 0.25) is 0 Å². The largest absolute Gasteiger partial charge is 0.472 e. The highest BCUT2D eigenvalue weighted by Gasteiger charge is 2.53. The molecule has 13 nitrogen and oxygen atoms in total. The Hall–Kier alpha value is -1.41. The number of ether oxygens (including phenoxy) is 2. The van der Waals surface area contributed by atoms with Crippen molar-refractivity contribution in [2.75, 3.05) is 13.2 Å². The number of phosphoric acid groups is 1. The standard InChI is InChI=1S/C55H105O13P/c1-3-5-7-9-11-13-15-17-18-19-20-21-22-23-24-25-26-27-28-29-30-32-33-35-37-39-41-43-48(57)65-45-47(56)46-66-69(63,64)68-55-53(62)51(60)50(59)52(61)54(55)67-49(58)44-42-40-38-36-34-31-16-14-12-10-8-6-4-2/h17-18,47,50-56,59-62H,3-16,19-46H2,1-2H3,(H,63,64)/b18-17-/t47-,50-,51?,52?,53+,54?,55-/m0/s1. The van der Waals surface area contributed by atoms with Gasteiger partial charge in [-0.3, -0.25) is 18.6 Å². The molecule has 69 heavy (non-hydrogen) atoms. The van der Waals surface area contributed by atoms with Gasteiger partial charge in [0, 0.05) is 12.8 Å². The lowest BCUT2D eigenvalue weighted by molar-refractivity contribution is -0.231. The number of rotatable bonds is 49. The van der Waals surface area contributed by atoms with Gasteiger partial charge in [0.25, 0.3) is 0 Å². The third-order valence-electron chi connectivity index (χ3n) is 13.6. The number of aliphatic hydroxyl groups is 5. The second kappa shape index (κ2) is 45.2. The van der Waals surface area contributed by atoms with E-state index in [4.69, 9.17) is 18.5 Å². The summed E-state index contributed by atoms with van der Waals surface area (Å²) in [6.07, 6.45) is 38.1.